The molecule has 1 saturated carbocycles. The maximum Gasteiger partial charge on any atom is 0.395 e. The summed E-state index contributed by atoms with van der Waals surface area (Å²) in [6, 6.07) is 13.5. The van der Waals surface area contributed by atoms with E-state index in [9.17, 15) is 17.4 Å². The second-order valence-corrected chi connectivity index (χ2v) is 7.36. The molecule has 0 aromatic heterocycles. The Morgan fingerprint density at radius 1 is 1.04 bits per heavy atom. The summed E-state index contributed by atoms with van der Waals surface area (Å²) in [5, 5.41) is 0. The molecule has 2 atom stereocenters. The number of rotatable bonds is 4. The molecule has 0 bridgehead atoms. The lowest BCUT2D eigenvalue weighted by atomic mass is 10.0. The van der Waals surface area contributed by atoms with Crippen LogP contribution >= 0.6 is 0 Å². The fourth-order valence-electron chi connectivity index (χ4n) is 2.58. The van der Waals surface area contributed by atoms with Crippen LogP contribution in [0.2, 0.25) is 0 Å². The standard InChI is InChI=1S/C18H17F3OS/c1-12(18(19,20)21)13-8-10-15(11-9-13)23(22)17-5-3-2-4-16(17)14-6-7-14/h2-5,8-12,14H,6-7H2,1H3. The zero-order valence-corrected chi connectivity index (χ0v) is 13.5. The van der Waals surface area contributed by atoms with Crippen molar-refractivity contribution in [3.05, 3.63) is 59.7 Å². The maximum atomic E-state index is 12.8. The molecule has 0 saturated heterocycles. The minimum absolute atomic E-state index is 0.189. The summed E-state index contributed by atoms with van der Waals surface area (Å²) in [6.07, 6.45) is -2.05. The van der Waals surface area contributed by atoms with Crippen LogP contribution in [0.25, 0.3) is 0 Å². The van der Waals surface area contributed by atoms with Crippen LogP contribution in [-0.2, 0) is 10.8 Å². The molecule has 2 unspecified atom stereocenters. The topological polar surface area (TPSA) is 17.1 Å². The van der Waals surface area contributed by atoms with Gasteiger partial charge in [0.05, 0.1) is 16.7 Å². The number of hydrogen-bond donors (Lipinski definition) is 0. The van der Waals surface area contributed by atoms with Gasteiger partial charge in [-0.25, -0.2) is 4.21 Å². The van der Waals surface area contributed by atoms with Crippen LogP contribution in [0.3, 0.4) is 0 Å². The SMILES string of the molecule is CC(c1ccc(S(=O)c2ccccc2C2CC2)cc1)C(F)(F)F. The van der Waals surface area contributed by atoms with Crippen molar-refractivity contribution in [1.29, 1.82) is 0 Å². The lowest BCUT2D eigenvalue weighted by Gasteiger charge is -2.16. The molecule has 23 heavy (non-hydrogen) atoms. The Hall–Kier alpha value is -1.62. The molecule has 0 aliphatic heterocycles. The van der Waals surface area contributed by atoms with Crippen molar-refractivity contribution in [3.63, 3.8) is 0 Å². The maximum absolute atomic E-state index is 12.8. The normalized spacial score (nSPS) is 17.7. The minimum Gasteiger partial charge on any atom is -0.249 e. The van der Waals surface area contributed by atoms with Gasteiger partial charge in [0.25, 0.3) is 0 Å². The number of halogens is 3. The Morgan fingerprint density at radius 3 is 2.22 bits per heavy atom. The smallest absolute Gasteiger partial charge is 0.249 e. The fraction of sp³-hybridized carbons (Fsp3) is 0.333. The second-order valence-electron chi connectivity index (χ2n) is 5.91. The van der Waals surface area contributed by atoms with E-state index in [4.69, 9.17) is 0 Å². The Bertz CT molecular complexity index is 718. The molecule has 2 aromatic carbocycles. The molecule has 0 radical (unpaired) electrons. The van der Waals surface area contributed by atoms with E-state index in [0.29, 0.717) is 10.8 Å². The van der Waals surface area contributed by atoms with E-state index in [1.165, 1.54) is 24.3 Å². The van der Waals surface area contributed by atoms with Gasteiger partial charge in [0.15, 0.2) is 0 Å². The fourth-order valence-corrected chi connectivity index (χ4v) is 3.87. The van der Waals surface area contributed by atoms with Gasteiger partial charge in [-0.1, -0.05) is 30.3 Å². The first-order chi connectivity index (χ1) is 10.9. The van der Waals surface area contributed by atoms with E-state index in [1.54, 1.807) is 0 Å². The van der Waals surface area contributed by atoms with E-state index in [-0.39, 0.29) is 5.56 Å². The largest absolute Gasteiger partial charge is 0.395 e. The van der Waals surface area contributed by atoms with Gasteiger partial charge in [0.2, 0.25) is 0 Å². The van der Waals surface area contributed by atoms with Crippen LogP contribution in [0.5, 0.6) is 0 Å². The third-order valence-corrected chi connectivity index (χ3v) is 5.69. The van der Waals surface area contributed by atoms with Crippen LogP contribution < -0.4 is 0 Å². The molecule has 0 N–H and O–H groups in total. The van der Waals surface area contributed by atoms with Gasteiger partial charge in [-0.3, -0.25) is 0 Å². The minimum atomic E-state index is -4.26. The monoisotopic (exact) mass is 338 g/mol. The van der Waals surface area contributed by atoms with Crippen LogP contribution in [0, 0.1) is 0 Å². The molecule has 0 amide bonds. The summed E-state index contributed by atoms with van der Waals surface area (Å²) >= 11 is 0. The number of alkyl halides is 3. The Kier molecular flexibility index (Phi) is 4.32. The van der Waals surface area contributed by atoms with E-state index in [2.05, 4.69) is 0 Å². The van der Waals surface area contributed by atoms with Gasteiger partial charge in [-0.2, -0.15) is 13.2 Å². The van der Waals surface area contributed by atoms with Gasteiger partial charge in [0.1, 0.15) is 0 Å². The summed E-state index contributed by atoms with van der Waals surface area (Å²) in [7, 11) is -1.36. The number of benzene rings is 2. The summed E-state index contributed by atoms with van der Waals surface area (Å²) < 4.78 is 51.0. The Morgan fingerprint density at radius 2 is 1.65 bits per heavy atom. The zero-order valence-electron chi connectivity index (χ0n) is 12.6. The molecule has 1 fully saturated rings. The third kappa shape index (κ3) is 3.50. The van der Waals surface area contributed by atoms with Crippen molar-refractivity contribution in [2.75, 3.05) is 0 Å². The van der Waals surface area contributed by atoms with Gasteiger partial charge in [-0.15, -0.1) is 0 Å². The summed E-state index contributed by atoms with van der Waals surface area (Å²) in [5.41, 5.74) is 1.28. The average molecular weight is 338 g/mol. The summed E-state index contributed by atoms with van der Waals surface area (Å²) in [4.78, 5) is 1.31. The predicted molar refractivity (Wildman–Crippen MR) is 84.0 cm³/mol. The zero-order chi connectivity index (χ0) is 16.6. The lowest BCUT2D eigenvalue weighted by molar-refractivity contribution is -0.146. The van der Waals surface area contributed by atoms with E-state index >= 15 is 0 Å². The Balaban J connectivity index is 1.87. The first-order valence-electron chi connectivity index (χ1n) is 7.55. The first kappa shape index (κ1) is 16.2. The summed E-state index contributed by atoms with van der Waals surface area (Å²) in [6.45, 7) is 1.13. The Labute approximate surface area is 136 Å². The molecular weight excluding hydrogens is 321 g/mol. The van der Waals surface area contributed by atoms with Gasteiger partial charge in [0, 0.05) is 9.79 Å². The second kappa shape index (κ2) is 6.11. The molecule has 5 heteroatoms. The molecular formula is C18H17F3OS. The molecule has 122 valence electrons. The van der Waals surface area contributed by atoms with Gasteiger partial charge in [-0.05, 0) is 55.0 Å². The van der Waals surface area contributed by atoms with Gasteiger partial charge >= 0.3 is 6.18 Å². The van der Waals surface area contributed by atoms with Crippen molar-refractivity contribution in [2.24, 2.45) is 0 Å². The number of hydrogen-bond acceptors (Lipinski definition) is 1. The van der Waals surface area contributed by atoms with E-state index in [1.807, 2.05) is 24.3 Å². The highest BCUT2D eigenvalue weighted by Gasteiger charge is 2.37. The van der Waals surface area contributed by atoms with E-state index in [0.717, 1.165) is 30.2 Å². The quantitative estimate of drug-likeness (QED) is 0.730. The molecule has 1 nitrogen and oxygen atoms in total. The lowest BCUT2D eigenvalue weighted by Crippen LogP contribution is -2.17. The average Bonchev–Trinajstić information content (AvgIpc) is 3.37. The molecule has 0 spiro atoms. The van der Waals surface area contributed by atoms with E-state index < -0.39 is 22.9 Å². The van der Waals surface area contributed by atoms with Crippen LogP contribution in [0.15, 0.2) is 58.3 Å². The van der Waals surface area contributed by atoms with Crippen molar-refractivity contribution < 1.29 is 17.4 Å². The van der Waals surface area contributed by atoms with Gasteiger partial charge < -0.3 is 0 Å². The molecule has 2 aromatic rings. The predicted octanol–water partition coefficient (Wildman–Crippen LogP) is 5.40. The molecule has 1 aliphatic carbocycles. The van der Waals surface area contributed by atoms with Crippen LogP contribution in [0.4, 0.5) is 13.2 Å². The van der Waals surface area contributed by atoms with Crippen LogP contribution in [0.1, 0.15) is 42.7 Å². The van der Waals surface area contributed by atoms with Crippen LogP contribution in [-0.4, -0.2) is 10.4 Å². The van der Waals surface area contributed by atoms with Crippen molar-refractivity contribution >= 4 is 10.8 Å². The highest BCUT2D eigenvalue weighted by atomic mass is 32.2. The van der Waals surface area contributed by atoms with Crippen molar-refractivity contribution in [1.82, 2.24) is 0 Å². The van der Waals surface area contributed by atoms with Crippen molar-refractivity contribution in [3.8, 4) is 0 Å². The van der Waals surface area contributed by atoms with Crippen molar-refractivity contribution in [2.45, 2.75) is 47.6 Å². The third-order valence-electron chi connectivity index (χ3n) is 4.22. The molecule has 3 rings (SSSR count). The molecule has 0 heterocycles. The molecule has 1 aliphatic rings. The first-order valence-corrected chi connectivity index (χ1v) is 8.70. The summed E-state index contributed by atoms with van der Waals surface area (Å²) in [5.74, 6) is -1.05. The highest BCUT2D eigenvalue weighted by molar-refractivity contribution is 7.85. The highest BCUT2D eigenvalue weighted by Crippen LogP contribution is 2.43.